The van der Waals surface area contributed by atoms with E-state index in [9.17, 15) is 23.6 Å². The Labute approximate surface area is 176 Å². The number of nitrogens with zero attached hydrogens (tertiary/aromatic N) is 2. The molecule has 0 bridgehead atoms. The monoisotopic (exact) mass is 426 g/mol. The SMILES string of the molecule is CC1=NC(C)=C(C(=O)OC2CCC2)[C@H](c2cc(F)c(F)c3c(=O)cc(C)oc23)C1C#N. The van der Waals surface area contributed by atoms with Gasteiger partial charge in [0.25, 0.3) is 0 Å². The topological polar surface area (TPSA) is 92.7 Å². The molecule has 0 N–H and O–H groups in total. The van der Waals surface area contributed by atoms with Gasteiger partial charge in [-0.25, -0.2) is 13.6 Å². The number of carbonyl (C=O) groups is 1. The first-order chi connectivity index (χ1) is 14.7. The molecule has 160 valence electrons. The van der Waals surface area contributed by atoms with Crippen LogP contribution in [0.2, 0.25) is 0 Å². The van der Waals surface area contributed by atoms with Gasteiger partial charge in [-0.2, -0.15) is 5.26 Å². The Balaban J connectivity index is 1.99. The predicted molar refractivity (Wildman–Crippen MR) is 109 cm³/mol. The summed E-state index contributed by atoms with van der Waals surface area (Å²) in [6.45, 7) is 4.74. The minimum absolute atomic E-state index is 0.0374. The van der Waals surface area contributed by atoms with Crippen molar-refractivity contribution in [3.63, 3.8) is 0 Å². The number of benzene rings is 1. The molecule has 0 amide bonds. The van der Waals surface area contributed by atoms with E-state index >= 15 is 0 Å². The van der Waals surface area contributed by atoms with E-state index in [1.54, 1.807) is 13.8 Å². The van der Waals surface area contributed by atoms with E-state index in [0.717, 1.165) is 31.4 Å². The fourth-order valence-electron chi connectivity index (χ4n) is 4.15. The summed E-state index contributed by atoms with van der Waals surface area (Å²) in [5.41, 5.74) is -0.0724. The number of aryl methyl sites for hydroxylation is 1. The highest BCUT2D eigenvalue weighted by molar-refractivity contribution is 5.99. The average Bonchev–Trinajstić information content (AvgIpc) is 2.66. The Kier molecular flexibility index (Phi) is 5.21. The molecule has 2 aliphatic rings. The number of aliphatic imine (C=N–C) groups is 1. The molecule has 1 aliphatic heterocycles. The number of hydrogen-bond acceptors (Lipinski definition) is 6. The number of ether oxygens (including phenoxy) is 1. The molecule has 2 atom stereocenters. The molecule has 0 spiro atoms. The minimum atomic E-state index is -1.33. The van der Waals surface area contributed by atoms with Gasteiger partial charge in [-0.1, -0.05) is 0 Å². The molecule has 1 aromatic heterocycles. The van der Waals surface area contributed by atoms with Crippen LogP contribution in [0.15, 0.2) is 37.6 Å². The van der Waals surface area contributed by atoms with Crippen molar-refractivity contribution in [2.45, 2.75) is 52.1 Å². The highest BCUT2D eigenvalue weighted by Gasteiger charge is 2.41. The van der Waals surface area contributed by atoms with Gasteiger partial charge in [0.15, 0.2) is 17.1 Å². The summed E-state index contributed by atoms with van der Waals surface area (Å²) < 4.78 is 40.3. The van der Waals surface area contributed by atoms with Crippen LogP contribution in [0.1, 0.15) is 50.4 Å². The van der Waals surface area contributed by atoms with Crippen molar-refractivity contribution in [2.24, 2.45) is 10.9 Å². The normalized spacial score (nSPS) is 21.5. The zero-order chi connectivity index (χ0) is 22.4. The van der Waals surface area contributed by atoms with Crippen molar-refractivity contribution >= 4 is 22.7 Å². The standard InChI is InChI=1S/C23H20F2N2O4/c1-10-7-17(28)20-21(25)16(24)8-14(22(20)30-10)19-15(9-26)11(2)27-12(3)18(19)23(29)31-13-5-4-6-13/h7-8,13,15,19H,4-6H2,1-3H3/t15?,19-/m1/s1. The van der Waals surface area contributed by atoms with Crippen LogP contribution in [-0.4, -0.2) is 17.8 Å². The number of allylic oxidation sites excluding steroid dienone is 1. The van der Waals surface area contributed by atoms with Crippen LogP contribution >= 0.6 is 0 Å². The number of nitriles is 1. The van der Waals surface area contributed by atoms with Gasteiger partial charge in [0.2, 0.25) is 0 Å². The summed E-state index contributed by atoms with van der Waals surface area (Å²) in [6.07, 6.45) is 2.22. The Morgan fingerprint density at radius 1 is 1.26 bits per heavy atom. The summed E-state index contributed by atoms with van der Waals surface area (Å²) in [5, 5.41) is 9.30. The molecule has 4 rings (SSSR count). The van der Waals surface area contributed by atoms with Crippen molar-refractivity contribution in [3.8, 4) is 6.07 Å². The highest BCUT2D eigenvalue weighted by Crippen LogP contribution is 2.43. The minimum Gasteiger partial charge on any atom is -0.461 e. The zero-order valence-electron chi connectivity index (χ0n) is 17.3. The van der Waals surface area contributed by atoms with E-state index in [-0.39, 0.29) is 28.6 Å². The predicted octanol–water partition coefficient (Wildman–Crippen LogP) is 4.45. The quantitative estimate of drug-likeness (QED) is 0.676. The van der Waals surface area contributed by atoms with E-state index < -0.39 is 40.3 Å². The van der Waals surface area contributed by atoms with Crippen molar-refractivity contribution in [1.82, 2.24) is 0 Å². The fourth-order valence-corrected chi connectivity index (χ4v) is 4.15. The molecule has 0 radical (unpaired) electrons. The van der Waals surface area contributed by atoms with E-state index in [1.807, 2.05) is 0 Å². The molecule has 2 aromatic rings. The smallest absolute Gasteiger partial charge is 0.336 e. The molecule has 8 heteroatoms. The molecule has 2 heterocycles. The lowest BCUT2D eigenvalue weighted by molar-refractivity contribution is -0.148. The maximum absolute atomic E-state index is 14.6. The van der Waals surface area contributed by atoms with E-state index in [1.165, 1.54) is 6.92 Å². The third kappa shape index (κ3) is 3.44. The second kappa shape index (κ2) is 7.73. The maximum atomic E-state index is 14.6. The zero-order valence-corrected chi connectivity index (χ0v) is 17.3. The Morgan fingerprint density at radius 2 is 1.97 bits per heavy atom. The number of esters is 1. The largest absolute Gasteiger partial charge is 0.461 e. The average molecular weight is 426 g/mol. The van der Waals surface area contributed by atoms with Crippen LogP contribution in [0.3, 0.4) is 0 Å². The lowest BCUT2D eigenvalue weighted by Crippen LogP contribution is -2.33. The molecule has 1 aliphatic carbocycles. The van der Waals surface area contributed by atoms with Gasteiger partial charge in [-0.15, -0.1) is 0 Å². The van der Waals surface area contributed by atoms with E-state index in [4.69, 9.17) is 9.15 Å². The third-order valence-corrected chi connectivity index (χ3v) is 5.89. The lowest BCUT2D eigenvalue weighted by atomic mass is 9.75. The Hall–Kier alpha value is -3.34. The number of rotatable bonds is 3. The second-order valence-corrected chi connectivity index (χ2v) is 7.98. The van der Waals surface area contributed by atoms with Gasteiger partial charge >= 0.3 is 5.97 Å². The van der Waals surface area contributed by atoms with Crippen LogP contribution in [-0.2, 0) is 9.53 Å². The molecule has 1 saturated carbocycles. The number of hydrogen-bond donors (Lipinski definition) is 0. The van der Waals surface area contributed by atoms with Crippen LogP contribution in [0, 0.1) is 35.8 Å². The van der Waals surface area contributed by atoms with Crippen LogP contribution in [0.4, 0.5) is 8.78 Å². The van der Waals surface area contributed by atoms with Gasteiger partial charge in [0, 0.05) is 29.0 Å². The number of halogens is 2. The maximum Gasteiger partial charge on any atom is 0.336 e. The van der Waals surface area contributed by atoms with E-state index in [0.29, 0.717) is 11.4 Å². The molecule has 1 unspecified atom stereocenters. The van der Waals surface area contributed by atoms with Crippen LogP contribution in [0.25, 0.3) is 11.0 Å². The first-order valence-electron chi connectivity index (χ1n) is 10.0. The molecular formula is C23H20F2N2O4. The first kappa shape index (κ1) is 20.9. The first-order valence-corrected chi connectivity index (χ1v) is 10.0. The molecule has 0 saturated heterocycles. The van der Waals surface area contributed by atoms with Crippen LogP contribution < -0.4 is 5.43 Å². The molecule has 1 aromatic carbocycles. The summed E-state index contributed by atoms with van der Waals surface area (Å²) in [5.74, 6) is -5.04. The van der Waals surface area contributed by atoms with Crippen molar-refractivity contribution < 1.29 is 22.7 Å². The Bertz CT molecular complexity index is 1270. The summed E-state index contributed by atoms with van der Waals surface area (Å²) in [7, 11) is 0. The van der Waals surface area contributed by atoms with Gasteiger partial charge in [-0.05, 0) is 46.1 Å². The number of carbonyl (C=O) groups excluding carboxylic acids is 1. The fraction of sp³-hybridized carbons (Fsp3) is 0.391. The Morgan fingerprint density at radius 3 is 2.58 bits per heavy atom. The number of fused-ring (bicyclic) bond motifs is 1. The van der Waals surface area contributed by atoms with E-state index in [2.05, 4.69) is 11.1 Å². The molecule has 1 fully saturated rings. The van der Waals surface area contributed by atoms with Crippen molar-refractivity contribution in [1.29, 1.82) is 5.26 Å². The highest BCUT2D eigenvalue weighted by atomic mass is 19.2. The van der Waals surface area contributed by atoms with Gasteiger partial charge in [0.1, 0.15) is 22.8 Å². The lowest BCUT2D eigenvalue weighted by Gasteiger charge is -2.32. The summed E-state index contributed by atoms with van der Waals surface area (Å²) in [6, 6.07) is 4.06. The van der Waals surface area contributed by atoms with Crippen molar-refractivity contribution in [2.75, 3.05) is 0 Å². The third-order valence-electron chi connectivity index (χ3n) is 5.89. The second-order valence-electron chi connectivity index (χ2n) is 7.98. The molecule has 31 heavy (non-hydrogen) atoms. The van der Waals surface area contributed by atoms with Gasteiger partial charge in [-0.3, -0.25) is 9.79 Å². The van der Waals surface area contributed by atoms with Gasteiger partial charge in [0.05, 0.1) is 17.6 Å². The van der Waals surface area contributed by atoms with Gasteiger partial charge < -0.3 is 9.15 Å². The summed E-state index contributed by atoms with van der Waals surface area (Å²) >= 11 is 0. The summed E-state index contributed by atoms with van der Waals surface area (Å²) in [4.78, 5) is 29.8. The molecule has 6 nitrogen and oxygen atoms in total. The van der Waals surface area contributed by atoms with Crippen molar-refractivity contribution in [3.05, 3.63) is 56.6 Å². The van der Waals surface area contributed by atoms with Crippen LogP contribution in [0.5, 0.6) is 0 Å². The molecular weight excluding hydrogens is 406 g/mol.